The van der Waals surface area contributed by atoms with Crippen molar-refractivity contribution in [3.8, 4) is 0 Å². The van der Waals surface area contributed by atoms with E-state index in [0.717, 1.165) is 18.8 Å². The fourth-order valence-corrected chi connectivity index (χ4v) is 2.28. The van der Waals surface area contributed by atoms with Gasteiger partial charge >= 0.3 is 0 Å². The van der Waals surface area contributed by atoms with Crippen molar-refractivity contribution in [3.63, 3.8) is 0 Å². The summed E-state index contributed by atoms with van der Waals surface area (Å²) < 4.78 is 5.95. The summed E-state index contributed by atoms with van der Waals surface area (Å²) in [4.78, 5) is 0. The Hall–Kier alpha value is -0.460. The first-order valence-electron chi connectivity index (χ1n) is 8.00. The Morgan fingerprint density at radius 3 is 2.06 bits per heavy atom. The van der Waals surface area contributed by atoms with E-state index in [1.54, 1.807) is 0 Å². The van der Waals surface area contributed by atoms with E-state index < -0.39 is 0 Å². The number of ether oxygens (including phenoxy) is 1. The van der Waals surface area contributed by atoms with Crippen LogP contribution >= 0.6 is 0 Å². The Balaban J connectivity index is 3.95. The summed E-state index contributed by atoms with van der Waals surface area (Å²) in [6.07, 6.45) is 10.1. The van der Waals surface area contributed by atoms with Gasteiger partial charge in [0.1, 0.15) is 0 Å². The van der Waals surface area contributed by atoms with Gasteiger partial charge in [-0.15, -0.1) is 0 Å². The molecule has 0 aliphatic rings. The Labute approximate surface area is 115 Å². The lowest BCUT2D eigenvalue weighted by molar-refractivity contribution is 0.128. The molecule has 0 rings (SSSR count). The molecule has 2 unspecified atom stereocenters. The normalized spacial score (nSPS) is 14.2. The highest BCUT2D eigenvalue weighted by molar-refractivity contribution is 4.90. The van der Waals surface area contributed by atoms with E-state index >= 15 is 0 Å². The Kier molecular flexibility index (Phi) is 11.3. The zero-order valence-electron chi connectivity index (χ0n) is 13.1. The van der Waals surface area contributed by atoms with Gasteiger partial charge in [0.05, 0.1) is 12.4 Å². The van der Waals surface area contributed by atoms with Gasteiger partial charge in [0.25, 0.3) is 0 Å². The summed E-state index contributed by atoms with van der Waals surface area (Å²) >= 11 is 0. The number of allylic oxidation sites excluding steroid dienone is 1. The lowest BCUT2D eigenvalue weighted by Gasteiger charge is -2.22. The molecule has 108 valence electrons. The summed E-state index contributed by atoms with van der Waals surface area (Å²) in [7, 11) is 0. The summed E-state index contributed by atoms with van der Waals surface area (Å²) in [6, 6.07) is 0. The number of unbranched alkanes of at least 4 members (excludes halogenated alkanes) is 2. The molecule has 0 fully saturated rings. The van der Waals surface area contributed by atoms with E-state index in [4.69, 9.17) is 4.74 Å². The monoisotopic (exact) mass is 254 g/mol. The minimum atomic E-state index is 0.564. The maximum absolute atomic E-state index is 5.95. The van der Waals surface area contributed by atoms with Crippen LogP contribution < -0.4 is 0 Å². The zero-order valence-corrected chi connectivity index (χ0v) is 13.1. The van der Waals surface area contributed by atoms with Crippen molar-refractivity contribution < 1.29 is 4.74 Å². The number of rotatable bonds is 12. The molecule has 0 heterocycles. The Bertz CT molecular complexity index is 198. The van der Waals surface area contributed by atoms with Crippen LogP contribution in [0.25, 0.3) is 0 Å². The van der Waals surface area contributed by atoms with Crippen LogP contribution in [0.4, 0.5) is 0 Å². The third-order valence-corrected chi connectivity index (χ3v) is 3.90. The molecule has 0 bridgehead atoms. The molecule has 0 saturated carbocycles. The van der Waals surface area contributed by atoms with Crippen LogP contribution in [0, 0.1) is 11.8 Å². The van der Waals surface area contributed by atoms with Gasteiger partial charge in [0, 0.05) is 5.92 Å². The third kappa shape index (κ3) is 7.79. The van der Waals surface area contributed by atoms with Crippen LogP contribution in [0.1, 0.15) is 79.1 Å². The lowest BCUT2D eigenvalue weighted by Crippen LogP contribution is -2.12. The molecule has 0 amide bonds. The second-order valence-electron chi connectivity index (χ2n) is 5.44. The average Bonchev–Trinajstić information content (AvgIpc) is 2.39. The molecule has 0 radical (unpaired) electrons. The Morgan fingerprint density at radius 2 is 1.56 bits per heavy atom. The molecule has 0 spiro atoms. The molecule has 0 aromatic carbocycles. The van der Waals surface area contributed by atoms with Gasteiger partial charge in [-0.05, 0) is 25.2 Å². The van der Waals surface area contributed by atoms with Crippen LogP contribution in [0.2, 0.25) is 0 Å². The molecule has 0 aromatic rings. The second kappa shape index (κ2) is 11.6. The molecule has 1 nitrogen and oxygen atoms in total. The van der Waals surface area contributed by atoms with E-state index in [2.05, 4.69) is 34.3 Å². The molecule has 0 aromatic heterocycles. The van der Waals surface area contributed by atoms with E-state index in [1.807, 2.05) is 0 Å². The van der Waals surface area contributed by atoms with Crippen molar-refractivity contribution in [1.29, 1.82) is 0 Å². The smallest absolute Gasteiger partial charge is 0.0919 e. The van der Waals surface area contributed by atoms with E-state index in [1.165, 1.54) is 44.9 Å². The minimum absolute atomic E-state index is 0.564. The molecular formula is C17H34O. The highest BCUT2D eigenvalue weighted by Gasteiger charge is 2.13. The lowest BCUT2D eigenvalue weighted by atomic mass is 9.97. The fraction of sp³-hybridized carbons (Fsp3) is 0.882. The summed E-state index contributed by atoms with van der Waals surface area (Å²) in [5.41, 5.74) is 0. The molecule has 18 heavy (non-hydrogen) atoms. The third-order valence-electron chi connectivity index (χ3n) is 3.90. The SMILES string of the molecule is C=C(OCC(CC)CCCC)C(CC)CCCC. The van der Waals surface area contributed by atoms with Crippen LogP contribution in [0.15, 0.2) is 12.3 Å². The van der Waals surface area contributed by atoms with Gasteiger partial charge in [-0.25, -0.2) is 0 Å². The fourth-order valence-electron chi connectivity index (χ4n) is 2.28. The van der Waals surface area contributed by atoms with Crippen molar-refractivity contribution in [1.82, 2.24) is 0 Å². The molecule has 2 atom stereocenters. The first-order valence-corrected chi connectivity index (χ1v) is 8.00. The van der Waals surface area contributed by atoms with Crippen molar-refractivity contribution in [2.45, 2.75) is 79.1 Å². The summed E-state index contributed by atoms with van der Waals surface area (Å²) in [6.45, 7) is 14.0. The Morgan fingerprint density at radius 1 is 0.944 bits per heavy atom. The van der Waals surface area contributed by atoms with Gasteiger partial charge in [-0.1, -0.05) is 66.4 Å². The van der Waals surface area contributed by atoms with Gasteiger partial charge in [0.15, 0.2) is 0 Å². The summed E-state index contributed by atoms with van der Waals surface area (Å²) in [5, 5.41) is 0. The molecule has 0 aliphatic heterocycles. The van der Waals surface area contributed by atoms with Crippen LogP contribution in [-0.2, 0) is 4.74 Å². The molecule has 0 saturated heterocycles. The molecule has 0 N–H and O–H groups in total. The van der Waals surface area contributed by atoms with Crippen molar-refractivity contribution in [3.05, 3.63) is 12.3 Å². The maximum Gasteiger partial charge on any atom is 0.0919 e. The quantitative estimate of drug-likeness (QED) is 0.391. The van der Waals surface area contributed by atoms with Gasteiger partial charge in [-0.3, -0.25) is 0 Å². The first kappa shape index (κ1) is 17.5. The van der Waals surface area contributed by atoms with Gasteiger partial charge in [0.2, 0.25) is 0 Å². The molecule has 0 aliphatic carbocycles. The number of hydrogen-bond donors (Lipinski definition) is 0. The van der Waals surface area contributed by atoms with E-state index in [0.29, 0.717) is 11.8 Å². The highest BCUT2D eigenvalue weighted by Crippen LogP contribution is 2.23. The largest absolute Gasteiger partial charge is 0.498 e. The predicted octanol–water partition coefficient (Wildman–Crippen LogP) is 5.95. The summed E-state index contributed by atoms with van der Waals surface area (Å²) in [5.74, 6) is 2.31. The van der Waals surface area contributed by atoms with Crippen molar-refractivity contribution >= 4 is 0 Å². The molecular weight excluding hydrogens is 220 g/mol. The zero-order chi connectivity index (χ0) is 13.8. The first-order chi connectivity index (χ1) is 8.69. The topological polar surface area (TPSA) is 9.23 Å². The van der Waals surface area contributed by atoms with Crippen LogP contribution in [0.5, 0.6) is 0 Å². The van der Waals surface area contributed by atoms with Crippen LogP contribution in [-0.4, -0.2) is 6.61 Å². The predicted molar refractivity (Wildman–Crippen MR) is 81.7 cm³/mol. The average molecular weight is 254 g/mol. The van der Waals surface area contributed by atoms with Gasteiger partial charge < -0.3 is 4.74 Å². The van der Waals surface area contributed by atoms with Crippen LogP contribution in [0.3, 0.4) is 0 Å². The van der Waals surface area contributed by atoms with Crippen molar-refractivity contribution in [2.75, 3.05) is 6.61 Å². The minimum Gasteiger partial charge on any atom is -0.498 e. The second-order valence-corrected chi connectivity index (χ2v) is 5.44. The highest BCUT2D eigenvalue weighted by atomic mass is 16.5. The number of hydrogen-bond acceptors (Lipinski definition) is 1. The standard InChI is InChI=1S/C17H34O/c1-6-10-12-16(8-3)14-18-15(5)17(9-4)13-11-7-2/h16-17H,5-14H2,1-4H3. The van der Waals surface area contributed by atoms with E-state index in [-0.39, 0.29) is 0 Å². The van der Waals surface area contributed by atoms with Gasteiger partial charge in [-0.2, -0.15) is 0 Å². The maximum atomic E-state index is 5.95. The molecule has 1 heteroatoms. The van der Waals surface area contributed by atoms with Crippen molar-refractivity contribution in [2.24, 2.45) is 11.8 Å². The van der Waals surface area contributed by atoms with E-state index in [9.17, 15) is 0 Å².